The Hall–Kier alpha value is -2.15. The number of allylic oxidation sites excluding steroid dienone is 2. The molecule has 0 spiro atoms. The molecule has 1 aromatic rings. The Labute approximate surface area is 161 Å². The Kier molecular flexibility index (Phi) is 5.99. The third-order valence-corrected chi connectivity index (χ3v) is 5.39. The number of imidazole rings is 1. The highest BCUT2D eigenvalue weighted by Crippen LogP contribution is 2.31. The average molecular weight is 374 g/mol. The summed E-state index contributed by atoms with van der Waals surface area (Å²) in [7, 11) is 3.65. The molecule has 2 N–H and O–H groups in total. The number of carbonyl (C=O) groups excluding carboxylic acids is 2. The van der Waals surface area contributed by atoms with Crippen LogP contribution >= 0.6 is 0 Å². The van der Waals surface area contributed by atoms with Crippen LogP contribution in [0.4, 0.5) is 0 Å². The van der Waals surface area contributed by atoms with Crippen LogP contribution in [0.25, 0.3) is 0 Å². The van der Waals surface area contributed by atoms with Gasteiger partial charge in [-0.1, -0.05) is 26.0 Å². The zero-order chi connectivity index (χ0) is 19.6. The van der Waals surface area contributed by atoms with Gasteiger partial charge < -0.3 is 15.2 Å². The van der Waals surface area contributed by atoms with Crippen LogP contribution in [0.15, 0.2) is 12.2 Å². The zero-order valence-electron chi connectivity index (χ0n) is 16.8. The molecule has 1 aliphatic carbocycles. The Morgan fingerprint density at radius 3 is 2.59 bits per heavy atom. The van der Waals surface area contributed by atoms with E-state index in [2.05, 4.69) is 39.3 Å². The highest BCUT2D eigenvalue weighted by molar-refractivity contribution is 5.97. The topological polar surface area (TPSA) is 79.3 Å². The lowest BCUT2D eigenvalue weighted by molar-refractivity contribution is -0.122. The molecule has 1 unspecified atom stereocenters. The van der Waals surface area contributed by atoms with Gasteiger partial charge in [-0.25, -0.2) is 4.98 Å². The van der Waals surface area contributed by atoms with Crippen molar-refractivity contribution in [3.05, 3.63) is 29.4 Å². The summed E-state index contributed by atoms with van der Waals surface area (Å²) in [6.07, 6.45) is 6.92. The molecule has 2 aliphatic rings. The van der Waals surface area contributed by atoms with E-state index in [1.807, 2.05) is 13.8 Å². The van der Waals surface area contributed by atoms with Gasteiger partial charge in [0.2, 0.25) is 5.91 Å². The van der Waals surface area contributed by atoms with Crippen molar-refractivity contribution < 1.29 is 9.59 Å². The largest absolute Gasteiger partial charge is 0.357 e. The van der Waals surface area contributed by atoms with Gasteiger partial charge in [-0.3, -0.25) is 14.5 Å². The summed E-state index contributed by atoms with van der Waals surface area (Å²) in [4.78, 5) is 32.2. The first-order valence-corrected chi connectivity index (χ1v) is 9.86. The number of hydrogen-bond acceptors (Lipinski definition) is 4. The normalized spacial score (nSPS) is 18.6. The second-order valence-electron chi connectivity index (χ2n) is 8.06. The summed E-state index contributed by atoms with van der Waals surface area (Å²) in [6.45, 7) is 6.58. The van der Waals surface area contributed by atoms with Crippen LogP contribution in [-0.2, 0) is 17.9 Å². The maximum Gasteiger partial charge on any atom is 0.272 e. The lowest BCUT2D eigenvalue weighted by Gasteiger charge is -2.27. The third-order valence-electron chi connectivity index (χ3n) is 5.39. The van der Waals surface area contributed by atoms with Crippen molar-refractivity contribution in [1.29, 1.82) is 0 Å². The number of nitrogens with zero attached hydrogens (tertiary/aromatic N) is 3. The van der Waals surface area contributed by atoms with E-state index in [0.29, 0.717) is 30.5 Å². The van der Waals surface area contributed by atoms with Gasteiger partial charge in [0.1, 0.15) is 11.9 Å². The van der Waals surface area contributed by atoms with E-state index in [9.17, 15) is 9.59 Å². The predicted octanol–water partition coefficient (Wildman–Crippen LogP) is 1.65. The van der Waals surface area contributed by atoms with Gasteiger partial charge in [0.15, 0.2) is 5.69 Å². The molecule has 2 heterocycles. The van der Waals surface area contributed by atoms with E-state index in [1.165, 1.54) is 0 Å². The highest BCUT2D eigenvalue weighted by atomic mass is 16.2. The summed E-state index contributed by atoms with van der Waals surface area (Å²) in [5.41, 5.74) is 1.43. The van der Waals surface area contributed by atoms with Gasteiger partial charge in [0, 0.05) is 32.6 Å². The molecule has 0 saturated heterocycles. The molecule has 148 valence electrons. The van der Waals surface area contributed by atoms with E-state index in [0.717, 1.165) is 37.4 Å². The van der Waals surface area contributed by atoms with Gasteiger partial charge in [-0.05, 0) is 32.2 Å². The van der Waals surface area contributed by atoms with Gasteiger partial charge in [0.25, 0.3) is 5.91 Å². The van der Waals surface area contributed by atoms with Gasteiger partial charge in [-0.15, -0.1) is 0 Å². The molecule has 2 amide bonds. The Morgan fingerprint density at radius 1 is 1.26 bits per heavy atom. The standard InChI is InChI=1S/C20H31N5O2/c1-13(2)11-15(19(26)21-3)22-20(27)17-16-12-24(4)9-10-25(16)18(23-17)14-7-5-6-8-14/h5-6,13-15H,7-12H2,1-4H3,(H,21,26)(H,22,27). The van der Waals surface area contributed by atoms with E-state index in [4.69, 9.17) is 4.98 Å². The maximum atomic E-state index is 13.1. The fraction of sp³-hybridized carbons (Fsp3) is 0.650. The fourth-order valence-electron chi connectivity index (χ4n) is 3.95. The molecule has 7 heteroatoms. The number of aromatic nitrogens is 2. The van der Waals surface area contributed by atoms with Crippen LogP contribution in [0, 0.1) is 5.92 Å². The summed E-state index contributed by atoms with van der Waals surface area (Å²) in [6, 6.07) is -0.544. The predicted molar refractivity (Wildman–Crippen MR) is 104 cm³/mol. The van der Waals surface area contributed by atoms with E-state index in [-0.39, 0.29) is 11.8 Å². The molecular weight excluding hydrogens is 342 g/mol. The van der Waals surface area contributed by atoms with Crippen molar-refractivity contribution in [2.75, 3.05) is 20.6 Å². The first-order chi connectivity index (χ1) is 12.9. The molecule has 0 bridgehead atoms. The molecule has 3 rings (SSSR count). The Balaban J connectivity index is 1.88. The Bertz CT molecular complexity index is 729. The number of hydrogen-bond donors (Lipinski definition) is 2. The van der Waals surface area contributed by atoms with Crippen molar-refractivity contribution in [3.8, 4) is 0 Å². The number of rotatable bonds is 6. The first-order valence-electron chi connectivity index (χ1n) is 9.86. The first kappa shape index (κ1) is 19.6. The van der Waals surface area contributed by atoms with E-state index < -0.39 is 6.04 Å². The SMILES string of the molecule is CNC(=O)C(CC(C)C)NC(=O)c1nc(C2CC=CC2)n2c1CN(C)CC2. The van der Waals surface area contributed by atoms with Gasteiger partial charge in [0.05, 0.1) is 5.69 Å². The van der Waals surface area contributed by atoms with Crippen molar-refractivity contribution in [1.82, 2.24) is 25.1 Å². The quantitative estimate of drug-likeness (QED) is 0.743. The fourth-order valence-corrected chi connectivity index (χ4v) is 3.95. The third kappa shape index (κ3) is 4.24. The van der Waals surface area contributed by atoms with E-state index >= 15 is 0 Å². The lowest BCUT2D eigenvalue weighted by Crippen LogP contribution is -2.46. The van der Waals surface area contributed by atoms with Crippen molar-refractivity contribution >= 4 is 11.8 Å². The zero-order valence-corrected chi connectivity index (χ0v) is 16.8. The lowest BCUT2D eigenvalue weighted by atomic mass is 10.0. The average Bonchev–Trinajstić information content (AvgIpc) is 3.27. The second kappa shape index (κ2) is 8.25. The molecular formula is C20H31N5O2. The molecule has 7 nitrogen and oxygen atoms in total. The number of fused-ring (bicyclic) bond motifs is 1. The molecule has 0 radical (unpaired) electrons. The van der Waals surface area contributed by atoms with E-state index in [1.54, 1.807) is 7.05 Å². The van der Waals surface area contributed by atoms with Gasteiger partial charge in [-0.2, -0.15) is 0 Å². The van der Waals surface area contributed by atoms with Crippen molar-refractivity contribution in [2.24, 2.45) is 5.92 Å². The molecule has 27 heavy (non-hydrogen) atoms. The number of amides is 2. The Morgan fingerprint density at radius 2 is 1.96 bits per heavy atom. The minimum Gasteiger partial charge on any atom is -0.357 e. The molecule has 1 atom stereocenters. The van der Waals surface area contributed by atoms with Crippen LogP contribution in [0.3, 0.4) is 0 Å². The summed E-state index contributed by atoms with van der Waals surface area (Å²) in [5.74, 6) is 1.24. The minimum atomic E-state index is -0.544. The molecule has 0 saturated carbocycles. The number of likely N-dealkylation sites (N-methyl/N-ethyl adjacent to an activating group) is 2. The highest BCUT2D eigenvalue weighted by Gasteiger charge is 2.31. The molecule has 1 aromatic heterocycles. The summed E-state index contributed by atoms with van der Waals surface area (Å²) >= 11 is 0. The molecule has 0 aromatic carbocycles. The van der Waals surface area contributed by atoms with Gasteiger partial charge >= 0.3 is 0 Å². The molecule has 0 fully saturated rings. The van der Waals surface area contributed by atoms with Crippen LogP contribution in [-0.4, -0.2) is 52.9 Å². The minimum absolute atomic E-state index is 0.164. The molecule has 1 aliphatic heterocycles. The van der Waals surface area contributed by atoms with Crippen LogP contribution in [0.2, 0.25) is 0 Å². The van der Waals surface area contributed by atoms with Crippen LogP contribution in [0.5, 0.6) is 0 Å². The van der Waals surface area contributed by atoms with Crippen molar-refractivity contribution in [3.63, 3.8) is 0 Å². The smallest absolute Gasteiger partial charge is 0.272 e. The van der Waals surface area contributed by atoms with Crippen molar-refractivity contribution in [2.45, 2.75) is 58.2 Å². The second-order valence-corrected chi connectivity index (χ2v) is 8.06. The van der Waals surface area contributed by atoms with Crippen LogP contribution in [0.1, 0.15) is 61.0 Å². The summed E-state index contributed by atoms with van der Waals surface area (Å²) in [5, 5.41) is 5.57. The summed E-state index contributed by atoms with van der Waals surface area (Å²) < 4.78 is 2.23. The monoisotopic (exact) mass is 373 g/mol. The maximum absolute atomic E-state index is 13.1. The number of carbonyl (C=O) groups is 2. The number of nitrogens with one attached hydrogen (secondary N) is 2. The van der Waals surface area contributed by atoms with Crippen LogP contribution < -0.4 is 10.6 Å².